The van der Waals surface area contributed by atoms with Gasteiger partial charge in [0.05, 0.1) is 11.2 Å². The number of carbonyl (C=O) groups is 1. The fourth-order valence-electron chi connectivity index (χ4n) is 2.56. The van der Waals surface area contributed by atoms with E-state index in [2.05, 4.69) is 21.7 Å². The Morgan fingerprint density at radius 1 is 1.45 bits per heavy atom. The van der Waals surface area contributed by atoms with Gasteiger partial charge in [0.15, 0.2) is 0 Å². The Morgan fingerprint density at radius 3 is 3.10 bits per heavy atom. The topological polar surface area (TPSA) is 45.2 Å². The Balaban J connectivity index is 1.70. The third-order valence-corrected chi connectivity index (χ3v) is 4.32. The van der Waals surface area contributed by atoms with E-state index in [0.29, 0.717) is 6.42 Å². The highest BCUT2D eigenvalue weighted by Crippen LogP contribution is 2.33. The van der Waals surface area contributed by atoms with Crippen LogP contribution in [0, 0.1) is 0 Å². The maximum Gasteiger partial charge on any atom is 0.228 e. The van der Waals surface area contributed by atoms with Gasteiger partial charge in [-0.15, -0.1) is 11.3 Å². The molecule has 1 aromatic carbocycles. The molecule has 1 aromatic heterocycles. The van der Waals surface area contributed by atoms with Crippen molar-refractivity contribution in [2.45, 2.75) is 18.9 Å². The van der Waals surface area contributed by atoms with Gasteiger partial charge in [0.25, 0.3) is 0 Å². The van der Waals surface area contributed by atoms with Crippen LogP contribution in [0.3, 0.4) is 0 Å². The van der Waals surface area contributed by atoms with Gasteiger partial charge in [-0.25, -0.2) is 4.98 Å². The summed E-state index contributed by atoms with van der Waals surface area (Å²) in [7, 11) is 1.84. The number of thiazole rings is 1. The molecule has 0 saturated heterocycles. The summed E-state index contributed by atoms with van der Waals surface area (Å²) >= 11 is 1.62. The Bertz CT molecular complexity index is 597. The van der Waals surface area contributed by atoms with Crippen LogP contribution in [0.1, 0.15) is 23.7 Å². The van der Waals surface area contributed by atoms with E-state index in [-0.39, 0.29) is 11.9 Å². The minimum absolute atomic E-state index is 0.105. The van der Waals surface area contributed by atoms with Crippen molar-refractivity contribution in [1.82, 2.24) is 10.3 Å². The zero-order valence-electron chi connectivity index (χ0n) is 11.4. The van der Waals surface area contributed by atoms with Gasteiger partial charge in [-0.1, -0.05) is 18.2 Å². The first-order chi connectivity index (χ1) is 9.75. The van der Waals surface area contributed by atoms with E-state index in [0.717, 1.165) is 24.3 Å². The van der Waals surface area contributed by atoms with Gasteiger partial charge < -0.3 is 10.2 Å². The number of rotatable bonds is 4. The third-order valence-electron chi connectivity index (χ3n) is 3.68. The second kappa shape index (κ2) is 5.73. The van der Waals surface area contributed by atoms with Crippen LogP contribution in [-0.2, 0) is 11.2 Å². The van der Waals surface area contributed by atoms with Crippen LogP contribution in [0.25, 0.3) is 0 Å². The molecule has 1 unspecified atom stereocenters. The number of carbonyl (C=O) groups excluding carboxylic acids is 1. The van der Waals surface area contributed by atoms with Gasteiger partial charge >= 0.3 is 0 Å². The monoisotopic (exact) mass is 287 g/mol. The SMILES string of the molecule is CN1C(=O)CC(NCCc2cscn2)c2ccccc21. The largest absolute Gasteiger partial charge is 0.315 e. The molecule has 3 rings (SSSR count). The number of para-hydroxylation sites is 1. The van der Waals surface area contributed by atoms with Crippen LogP contribution in [0.15, 0.2) is 35.2 Å². The quantitative estimate of drug-likeness (QED) is 0.939. The van der Waals surface area contributed by atoms with Gasteiger partial charge in [0.1, 0.15) is 0 Å². The highest BCUT2D eigenvalue weighted by molar-refractivity contribution is 7.07. The summed E-state index contributed by atoms with van der Waals surface area (Å²) in [4.78, 5) is 18.1. The van der Waals surface area contributed by atoms with Gasteiger partial charge in [0.2, 0.25) is 5.91 Å². The fourth-order valence-corrected chi connectivity index (χ4v) is 3.15. The lowest BCUT2D eigenvalue weighted by Gasteiger charge is -2.32. The smallest absolute Gasteiger partial charge is 0.228 e. The second-order valence-corrected chi connectivity index (χ2v) is 5.67. The Kier molecular flexibility index (Phi) is 3.80. The molecule has 0 fully saturated rings. The number of nitrogens with one attached hydrogen (secondary N) is 1. The van der Waals surface area contributed by atoms with Crippen LogP contribution in [-0.4, -0.2) is 24.5 Å². The van der Waals surface area contributed by atoms with Crippen molar-refractivity contribution in [3.05, 3.63) is 46.4 Å². The summed E-state index contributed by atoms with van der Waals surface area (Å²) in [5.41, 5.74) is 5.17. The molecule has 2 aromatic rings. The molecule has 1 aliphatic rings. The molecule has 4 nitrogen and oxygen atoms in total. The van der Waals surface area contributed by atoms with Crippen molar-refractivity contribution < 1.29 is 4.79 Å². The molecule has 5 heteroatoms. The normalized spacial score (nSPS) is 18.1. The highest BCUT2D eigenvalue weighted by atomic mass is 32.1. The Labute approximate surface area is 122 Å². The molecule has 1 aliphatic heterocycles. The maximum absolute atomic E-state index is 12.0. The van der Waals surface area contributed by atoms with E-state index in [1.807, 2.05) is 30.8 Å². The minimum Gasteiger partial charge on any atom is -0.315 e. The molecule has 0 radical (unpaired) electrons. The lowest BCUT2D eigenvalue weighted by atomic mass is 9.96. The first-order valence-electron chi connectivity index (χ1n) is 6.71. The summed E-state index contributed by atoms with van der Waals surface area (Å²) in [5.74, 6) is 0.162. The maximum atomic E-state index is 12.0. The lowest BCUT2D eigenvalue weighted by Crippen LogP contribution is -2.38. The molecule has 2 heterocycles. The summed E-state index contributed by atoms with van der Waals surface area (Å²) in [5, 5.41) is 5.55. The zero-order valence-corrected chi connectivity index (χ0v) is 12.2. The van der Waals surface area contributed by atoms with Crippen molar-refractivity contribution in [3.8, 4) is 0 Å². The average molecular weight is 287 g/mol. The molecular weight excluding hydrogens is 270 g/mol. The van der Waals surface area contributed by atoms with Gasteiger partial charge in [-0.05, 0) is 11.6 Å². The summed E-state index contributed by atoms with van der Waals surface area (Å²) in [6.07, 6.45) is 1.41. The number of hydrogen-bond acceptors (Lipinski definition) is 4. The third kappa shape index (κ3) is 2.59. The van der Waals surface area contributed by atoms with Gasteiger partial charge in [-0.2, -0.15) is 0 Å². The van der Waals surface area contributed by atoms with E-state index in [4.69, 9.17) is 0 Å². The molecule has 20 heavy (non-hydrogen) atoms. The number of benzene rings is 1. The lowest BCUT2D eigenvalue weighted by molar-refractivity contribution is -0.119. The number of aromatic nitrogens is 1. The minimum atomic E-state index is 0.105. The molecule has 0 aliphatic carbocycles. The molecule has 0 saturated carbocycles. The van der Waals surface area contributed by atoms with Crippen molar-refractivity contribution >= 4 is 22.9 Å². The van der Waals surface area contributed by atoms with Gasteiger partial charge in [0, 0.05) is 43.5 Å². The van der Waals surface area contributed by atoms with Crippen molar-refractivity contribution in [2.75, 3.05) is 18.5 Å². The van der Waals surface area contributed by atoms with Crippen LogP contribution >= 0.6 is 11.3 Å². The van der Waals surface area contributed by atoms with Crippen LogP contribution < -0.4 is 10.2 Å². The molecule has 0 bridgehead atoms. The molecule has 1 atom stereocenters. The zero-order chi connectivity index (χ0) is 13.9. The number of nitrogens with zero attached hydrogens (tertiary/aromatic N) is 2. The molecule has 0 spiro atoms. The van der Waals surface area contributed by atoms with E-state index in [9.17, 15) is 4.79 Å². The second-order valence-electron chi connectivity index (χ2n) is 4.95. The van der Waals surface area contributed by atoms with E-state index >= 15 is 0 Å². The predicted molar refractivity (Wildman–Crippen MR) is 81.0 cm³/mol. The molecule has 1 N–H and O–H groups in total. The number of hydrogen-bond donors (Lipinski definition) is 1. The first-order valence-corrected chi connectivity index (χ1v) is 7.66. The predicted octanol–water partition coefficient (Wildman–Crippen LogP) is 2.38. The summed E-state index contributed by atoms with van der Waals surface area (Å²) < 4.78 is 0. The Morgan fingerprint density at radius 2 is 2.30 bits per heavy atom. The summed E-state index contributed by atoms with van der Waals surface area (Å²) in [6, 6.07) is 8.20. The number of amides is 1. The molecular formula is C15H17N3OS. The summed E-state index contributed by atoms with van der Waals surface area (Å²) in [6.45, 7) is 0.833. The molecule has 1 amide bonds. The van der Waals surface area contributed by atoms with Crippen molar-refractivity contribution in [3.63, 3.8) is 0 Å². The van der Waals surface area contributed by atoms with E-state index in [1.54, 1.807) is 16.2 Å². The Hall–Kier alpha value is -1.72. The van der Waals surface area contributed by atoms with Crippen LogP contribution in [0.5, 0.6) is 0 Å². The fraction of sp³-hybridized carbons (Fsp3) is 0.333. The van der Waals surface area contributed by atoms with Crippen molar-refractivity contribution in [2.24, 2.45) is 0 Å². The van der Waals surface area contributed by atoms with Crippen LogP contribution in [0.2, 0.25) is 0 Å². The van der Waals surface area contributed by atoms with Crippen LogP contribution in [0.4, 0.5) is 5.69 Å². The average Bonchev–Trinajstić information content (AvgIpc) is 2.97. The first kappa shape index (κ1) is 13.3. The molecule has 104 valence electrons. The van der Waals surface area contributed by atoms with E-state index < -0.39 is 0 Å². The van der Waals surface area contributed by atoms with E-state index in [1.165, 1.54) is 5.56 Å². The number of fused-ring (bicyclic) bond motifs is 1. The standard InChI is InChI=1S/C15H17N3OS/c1-18-14-5-3-2-4-12(14)13(8-15(18)19)16-7-6-11-9-20-10-17-11/h2-5,9-10,13,16H,6-8H2,1H3. The highest BCUT2D eigenvalue weighted by Gasteiger charge is 2.28. The number of anilines is 1. The van der Waals surface area contributed by atoms with Crippen molar-refractivity contribution in [1.29, 1.82) is 0 Å². The van der Waals surface area contributed by atoms with Gasteiger partial charge in [-0.3, -0.25) is 4.79 Å².